The maximum absolute atomic E-state index is 14.9. The van der Waals surface area contributed by atoms with Crippen LogP contribution in [0, 0.1) is 0 Å². The lowest BCUT2D eigenvalue weighted by Crippen LogP contribution is -2.46. The summed E-state index contributed by atoms with van der Waals surface area (Å²) in [6.07, 6.45) is 0. The van der Waals surface area contributed by atoms with Crippen molar-refractivity contribution < 1.29 is 9.63 Å². The van der Waals surface area contributed by atoms with E-state index in [0.29, 0.717) is 9.51 Å². The van der Waals surface area contributed by atoms with Crippen molar-refractivity contribution in [3.63, 3.8) is 0 Å². The van der Waals surface area contributed by atoms with E-state index >= 15 is 0 Å². The Bertz CT molecular complexity index is 2530. The molecular formula is C50H37ClN4O2S3. The van der Waals surface area contributed by atoms with Gasteiger partial charge in [0.1, 0.15) is 16.3 Å². The van der Waals surface area contributed by atoms with E-state index in [1.807, 2.05) is 170 Å². The summed E-state index contributed by atoms with van der Waals surface area (Å²) >= 11 is 11.2. The van der Waals surface area contributed by atoms with E-state index in [4.69, 9.17) is 31.6 Å². The van der Waals surface area contributed by atoms with Crippen LogP contribution < -0.4 is 5.32 Å². The highest BCUT2D eigenvalue weighted by Gasteiger charge is 2.44. The molecule has 9 rings (SSSR count). The molecule has 0 bridgehead atoms. The number of hydrogen-bond donors (Lipinski definition) is 1. The number of aliphatic imine (C=N–C) groups is 1. The topological polar surface area (TPSA) is 75.9 Å². The highest BCUT2D eigenvalue weighted by Crippen LogP contribution is 2.43. The Morgan fingerprint density at radius 3 is 1.47 bits per heavy atom. The van der Waals surface area contributed by atoms with Crippen LogP contribution in [0.2, 0.25) is 0 Å². The zero-order chi connectivity index (χ0) is 40.8. The summed E-state index contributed by atoms with van der Waals surface area (Å²) in [4.78, 5) is 31.8. The van der Waals surface area contributed by atoms with Crippen LogP contribution in [0.25, 0.3) is 10.2 Å². The van der Waals surface area contributed by atoms with Crippen LogP contribution in [-0.2, 0) is 20.8 Å². The molecule has 2 atom stereocenters. The van der Waals surface area contributed by atoms with Crippen LogP contribution in [0.4, 0.5) is 0 Å². The Hall–Kier alpha value is -5.97. The number of para-hydroxylation sites is 1. The number of alkyl halides is 1. The number of carbonyl (C=O) groups excluding carboxylic acids is 1. The highest BCUT2D eigenvalue weighted by atomic mass is 35.5. The first-order valence-electron chi connectivity index (χ1n) is 19.4. The van der Waals surface area contributed by atoms with Crippen LogP contribution in [-0.4, -0.2) is 31.7 Å². The molecule has 7 aromatic carbocycles. The first-order chi connectivity index (χ1) is 29.5. The van der Waals surface area contributed by atoms with E-state index in [9.17, 15) is 4.79 Å². The smallest absolute Gasteiger partial charge is 0.246 e. The second kappa shape index (κ2) is 17.7. The van der Waals surface area contributed by atoms with Crippen LogP contribution in [0.5, 0.6) is 0 Å². The molecular weight excluding hydrogens is 820 g/mol. The number of nitrogens with zero attached hydrogens (tertiary/aromatic N) is 3. The molecule has 1 N–H and O–H groups in total. The summed E-state index contributed by atoms with van der Waals surface area (Å²) in [6, 6.07) is 67.7. The minimum absolute atomic E-state index is 0.0699. The lowest BCUT2D eigenvalue weighted by molar-refractivity contribution is -0.106. The summed E-state index contributed by atoms with van der Waals surface area (Å²) in [5, 5.41) is 8.95. The third-order valence-corrected chi connectivity index (χ3v) is 13.8. The molecule has 8 aromatic rings. The minimum atomic E-state index is -1.24. The molecule has 60 heavy (non-hydrogen) atoms. The molecule has 294 valence electrons. The van der Waals surface area contributed by atoms with Crippen LogP contribution in [0.1, 0.15) is 33.4 Å². The normalized spacial score (nSPS) is 15.7. The number of carbonyl (C=O) groups is 1. The highest BCUT2D eigenvalue weighted by molar-refractivity contribution is 8.17. The van der Waals surface area contributed by atoms with Crippen molar-refractivity contribution in [2.24, 2.45) is 10.1 Å². The average Bonchev–Trinajstić information content (AvgIpc) is 3.90. The van der Waals surface area contributed by atoms with Gasteiger partial charge in [-0.2, -0.15) is 0 Å². The first-order valence-corrected chi connectivity index (χ1v) is 22.3. The van der Waals surface area contributed by atoms with E-state index in [-0.39, 0.29) is 10.8 Å². The molecule has 0 amide bonds. The Balaban J connectivity index is 1.19. The van der Waals surface area contributed by atoms with Gasteiger partial charge in [-0.25, -0.2) is 9.98 Å². The second-order valence-electron chi connectivity index (χ2n) is 14.0. The van der Waals surface area contributed by atoms with E-state index in [2.05, 4.69) is 41.7 Å². The average molecular weight is 858 g/mol. The third kappa shape index (κ3) is 7.77. The van der Waals surface area contributed by atoms with Crippen molar-refractivity contribution in [2.45, 2.75) is 26.2 Å². The Morgan fingerprint density at radius 1 is 0.600 bits per heavy atom. The molecule has 10 heteroatoms. The zero-order valence-corrected chi connectivity index (χ0v) is 35.3. The molecule has 0 radical (unpaired) electrons. The summed E-state index contributed by atoms with van der Waals surface area (Å²) < 4.78 is 0.855. The summed E-state index contributed by atoms with van der Waals surface area (Å²) in [7, 11) is 0. The number of halogens is 1. The number of oxime groups is 1. The zero-order valence-electron chi connectivity index (χ0n) is 32.0. The molecule has 1 aromatic heterocycles. The Morgan fingerprint density at radius 2 is 1.02 bits per heavy atom. The lowest BCUT2D eigenvalue weighted by atomic mass is 9.77. The molecule has 0 saturated carbocycles. The van der Waals surface area contributed by atoms with Gasteiger partial charge in [-0.15, -0.1) is 22.9 Å². The number of thioether (sulfide) groups is 2. The number of fused-ring (bicyclic) bond motifs is 1. The molecule has 1 aliphatic heterocycles. The number of benzene rings is 7. The monoisotopic (exact) mass is 856 g/mol. The standard InChI is InChI=1S/C50H37ClN4O2S3/c51-45-43(53-47(59-45)54-49(35-21-7-1-8-22-35,36-23-9-2-10-24-36)37-25-11-3-12-26-37)44(46(56)60-48-52-41-33-19-20-34-42(41)58-48)55-57-50(38-27-13-4-14-28-38,39-29-15-5-16-30-39)40-31-17-6-18-32-40/h1-34,43,45H,(H,53,54)/b55-44+. The van der Waals surface area contributed by atoms with Gasteiger partial charge in [0, 0.05) is 16.7 Å². The van der Waals surface area contributed by atoms with E-state index in [1.54, 1.807) is 0 Å². The predicted molar refractivity (Wildman–Crippen MR) is 249 cm³/mol. The second-order valence-corrected chi connectivity index (χ2v) is 18.1. The van der Waals surface area contributed by atoms with Crippen molar-refractivity contribution in [3.8, 4) is 0 Å². The number of thiazole rings is 1. The number of rotatable bonds is 12. The third-order valence-electron chi connectivity index (χ3n) is 10.4. The van der Waals surface area contributed by atoms with E-state index in [0.717, 1.165) is 55.4 Å². The summed E-state index contributed by atoms with van der Waals surface area (Å²) in [6.45, 7) is 0. The van der Waals surface area contributed by atoms with E-state index < -0.39 is 21.9 Å². The first kappa shape index (κ1) is 39.5. The van der Waals surface area contributed by atoms with Crippen LogP contribution in [0.15, 0.2) is 221 Å². The van der Waals surface area contributed by atoms with Gasteiger partial charge in [0.2, 0.25) is 10.7 Å². The van der Waals surface area contributed by atoms with Gasteiger partial charge in [0.05, 0.1) is 10.2 Å². The molecule has 6 nitrogen and oxygen atoms in total. The van der Waals surface area contributed by atoms with Crippen LogP contribution in [0.3, 0.4) is 0 Å². The van der Waals surface area contributed by atoms with Gasteiger partial charge in [-0.3, -0.25) is 4.79 Å². The van der Waals surface area contributed by atoms with Gasteiger partial charge in [-0.05, 0) is 40.6 Å². The lowest BCUT2D eigenvalue weighted by Gasteiger charge is -2.37. The SMILES string of the molecule is O=C(Sc1nc2ccccc2s1)/C(=N/OC(c1ccccc1)(c1ccccc1)c1ccccc1)C1N=C(NC(c2ccccc2)(c2ccccc2)c2ccccc2)SC1Cl. The summed E-state index contributed by atoms with van der Waals surface area (Å²) in [5.74, 6) is 0. The fraction of sp³-hybridized carbons (Fsp3) is 0.0800. The molecule has 0 saturated heterocycles. The van der Waals surface area contributed by atoms with Crippen molar-refractivity contribution in [1.82, 2.24) is 10.3 Å². The summed E-state index contributed by atoms with van der Waals surface area (Å²) in [5.41, 5.74) is 4.33. The fourth-order valence-electron chi connectivity index (χ4n) is 7.61. The number of amidine groups is 1. The van der Waals surface area contributed by atoms with Gasteiger partial charge < -0.3 is 10.2 Å². The van der Waals surface area contributed by atoms with Crippen LogP contribution >= 0.6 is 46.5 Å². The van der Waals surface area contributed by atoms with Crippen molar-refractivity contribution in [3.05, 3.63) is 240 Å². The quantitative estimate of drug-likeness (QED) is 0.0434. The maximum Gasteiger partial charge on any atom is 0.246 e. The number of hydrogen-bond acceptors (Lipinski definition) is 9. The van der Waals surface area contributed by atoms with Gasteiger partial charge in [0.25, 0.3) is 0 Å². The number of nitrogens with one attached hydrogen (secondary N) is 1. The van der Waals surface area contributed by atoms with Gasteiger partial charge in [0.15, 0.2) is 15.2 Å². The van der Waals surface area contributed by atoms with Crippen molar-refractivity contribution >= 4 is 72.7 Å². The Labute approximate surface area is 366 Å². The van der Waals surface area contributed by atoms with Crippen molar-refractivity contribution in [2.75, 3.05) is 0 Å². The molecule has 0 fully saturated rings. The maximum atomic E-state index is 14.9. The predicted octanol–water partition coefficient (Wildman–Crippen LogP) is 11.9. The fourth-order valence-corrected chi connectivity index (χ4v) is 10.9. The largest absolute Gasteiger partial charge is 0.374 e. The van der Waals surface area contributed by atoms with Gasteiger partial charge >= 0.3 is 0 Å². The molecule has 2 unspecified atom stereocenters. The van der Waals surface area contributed by atoms with E-state index in [1.165, 1.54) is 23.1 Å². The minimum Gasteiger partial charge on any atom is -0.374 e. The van der Waals surface area contributed by atoms with Crippen molar-refractivity contribution in [1.29, 1.82) is 0 Å². The van der Waals surface area contributed by atoms with Gasteiger partial charge in [-0.1, -0.05) is 211 Å². The molecule has 2 heterocycles. The molecule has 0 spiro atoms. The molecule has 1 aliphatic rings. The molecule has 0 aliphatic carbocycles. The number of aromatic nitrogens is 1. The Kier molecular flexibility index (Phi) is 11.7.